The minimum atomic E-state index is -0.246. The molecule has 0 aliphatic heterocycles. The number of thioether (sulfide) groups is 1. The van der Waals surface area contributed by atoms with Crippen LogP contribution in [0.2, 0.25) is 0 Å². The molecule has 1 heterocycles. The van der Waals surface area contributed by atoms with Gasteiger partial charge in [-0.15, -0.1) is 16.9 Å². The monoisotopic (exact) mass is 367 g/mol. The minimum Gasteiger partial charge on any atom is -0.407 e. The third-order valence-corrected chi connectivity index (χ3v) is 4.86. The molecule has 1 aromatic heterocycles. The Morgan fingerprint density at radius 2 is 1.77 bits per heavy atom. The lowest BCUT2D eigenvalue weighted by atomic mass is 10.1. The molecule has 0 unspecified atom stereocenters. The predicted octanol–water partition coefficient (Wildman–Crippen LogP) is 4.59. The van der Waals surface area contributed by atoms with E-state index in [4.69, 9.17) is 4.42 Å². The van der Waals surface area contributed by atoms with Crippen LogP contribution in [0.5, 0.6) is 0 Å². The molecule has 0 fully saturated rings. The number of aryl methyl sites for hydroxylation is 1. The maximum Gasteiger partial charge on any atom is 0.322 e. The van der Waals surface area contributed by atoms with Crippen LogP contribution in [0.3, 0.4) is 0 Å². The highest BCUT2D eigenvalue weighted by molar-refractivity contribution is 7.99. The molecule has 0 radical (unpaired) electrons. The molecule has 6 heteroatoms. The summed E-state index contributed by atoms with van der Waals surface area (Å²) in [4.78, 5) is 13.4. The van der Waals surface area contributed by atoms with Gasteiger partial charge in [0.05, 0.1) is 12.0 Å². The maximum atomic E-state index is 12.5. The number of amides is 1. The van der Waals surface area contributed by atoms with E-state index in [0.717, 1.165) is 22.6 Å². The van der Waals surface area contributed by atoms with Crippen LogP contribution in [-0.2, 0) is 12.8 Å². The summed E-state index contributed by atoms with van der Waals surface area (Å²) < 4.78 is 5.58. The fourth-order valence-electron chi connectivity index (χ4n) is 2.54. The zero-order valence-electron chi connectivity index (χ0n) is 14.9. The number of hydrogen-bond acceptors (Lipinski definition) is 5. The van der Waals surface area contributed by atoms with Crippen molar-refractivity contribution in [3.05, 3.63) is 71.1 Å². The number of benzene rings is 2. The third kappa shape index (κ3) is 4.52. The summed E-state index contributed by atoms with van der Waals surface area (Å²) in [6, 6.07) is 15.9. The van der Waals surface area contributed by atoms with Gasteiger partial charge in [0.15, 0.2) is 0 Å². The number of aromatic nitrogens is 2. The SMILES string of the molecule is CCSc1ccccc1C(=O)Nc1nnc(Cc2ccc(CC)cc2)o1. The van der Waals surface area contributed by atoms with Gasteiger partial charge >= 0.3 is 6.01 Å². The molecule has 0 aliphatic rings. The molecule has 1 N–H and O–H groups in total. The summed E-state index contributed by atoms with van der Waals surface area (Å²) in [5.41, 5.74) is 2.98. The lowest BCUT2D eigenvalue weighted by molar-refractivity contribution is 0.102. The predicted molar refractivity (Wildman–Crippen MR) is 104 cm³/mol. The third-order valence-electron chi connectivity index (χ3n) is 3.91. The largest absolute Gasteiger partial charge is 0.407 e. The molecule has 0 saturated heterocycles. The van der Waals surface area contributed by atoms with E-state index < -0.39 is 0 Å². The van der Waals surface area contributed by atoms with Crippen LogP contribution in [0.1, 0.15) is 41.2 Å². The lowest BCUT2D eigenvalue weighted by Gasteiger charge is -2.06. The minimum absolute atomic E-state index is 0.117. The van der Waals surface area contributed by atoms with Gasteiger partial charge in [0.1, 0.15) is 0 Å². The Bertz CT molecular complexity index is 875. The second-order valence-corrected chi connectivity index (χ2v) is 7.04. The van der Waals surface area contributed by atoms with E-state index in [2.05, 4.69) is 53.6 Å². The average Bonchev–Trinajstić information content (AvgIpc) is 3.10. The summed E-state index contributed by atoms with van der Waals surface area (Å²) in [5, 5.41) is 10.6. The van der Waals surface area contributed by atoms with E-state index in [9.17, 15) is 4.79 Å². The number of nitrogens with one attached hydrogen (secondary N) is 1. The van der Waals surface area contributed by atoms with E-state index in [1.807, 2.05) is 18.2 Å². The van der Waals surface area contributed by atoms with Crippen LogP contribution < -0.4 is 5.32 Å². The molecule has 134 valence electrons. The van der Waals surface area contributed by atoms with E-state index in [1.54, 1.807) is 17.8 Å². The first-order valence-electron chi connectivity index (χ1n) is 8.63. The van der Waals surface area contributed by atoms with Crippen molar-refractivity contribution >= 4 is 23.7 Å². The Hall–Kier alpha value is -2.60. The molecule has 3 aromatic rings. The molecule has 2 aromatic carbocycles. The van der Waals surface area contributed by atoms with E-state index >= 15 is 0 Å². The van der Waals surface area contributed by atoms with Crippen molar-refractivity contribution in [2.24, 2.45) is 0 Å². The number of carbonyl (C=O) groups excluding carboxylic acids is 1. The topological polar surface area (TPSA) is 68.0 Å². The van der Waals surface area contributed by atoms with E-state index in [0.29, 0.717) is 17.9 Å². The van der Waals surface area contributed by atoms with Gasteiger partial charge in [-0.25, -0.2) is 0 Å². The van der Waals surface area contributed by atoms with Gasteiger partial charge in [-0.05, 0) is 35.4 Å². The molecule has 0 spiro atoms. The Labute approximate surface area is 157 Å². The van der Waals surface area contributed by atoms with Gasteiger partial charge in [0, 0.05) is 4.90 Å². The van der Waals surface area contributed by atoms with Gasteiger partial charge in [-0.3, -0.25) is 10.1 Å². The number of carbonyl (C=O) groups is 1. The van der Waals surface area contributed by atoms with Gasteiger partial charge in [0.25, 0.3) is 5.91 Å². The number of hydrogen-bond donors (Lipinski definition) is 1. The highest BCUT2D eigenvalue weighted by Crippen LogP contribution is 2.23. The Balaban J connectivity index is 1.67. The summed E-state index contributed by atoms with van der Waals surface area (Å²) in [6.45, 7) is 4.18. The molecule has 1 amide bonds. The number of anilines is 1. The lowest BCUT2D eigenvalue weighted by Crippen LogP contribution is -2.13. The first-order chi connectivity index (χ1) is 12.7. The first kappa shape index (κ1) is 18.2. The summed E-state index contributed by atoms with van der Waals surface area (Å²) in [5.74, 6) is 1.12. The van der Waals surface area contributed by atoms with Crippen LogP contribution in [0.4, 0.5) is 6.01 Å². The highest BCUT2D eigenvalue weighted by atomic mass is 32.2. The molecule has 0 atom stereocenters. The van der Waals surface area contributed by atoms with Crippen molar-refractivity contribution in [3.63, 3.8) is 0 Å². The second-order valence-electron chi connectivity index (χ2n) is 5.73. The fraction of sp³-hybridized carbons (Fsp3) is 0.250. The average molecular weight is 367 g/mol. The van der Waals surface area contributed by atoms with Crippen molar-refractivity contribution in [1.82, 2.24) is 10.2 Å². The number of nitrogens with zero attached hydrogens (tertiary/aromatic N) is 2. The van der Waals surface area contributed by atoms with E-state index in [-0.39, 0.29) is 11.9 Å². The van der Waals surface area contributed by atoms with Crippen molar-refractivity contribution in [3.8, 4) is 0 Å². The zero-order chi connectivity index (χ0) is 18.4. The molecule has 26 heavy (non-hydrogen) atoms. The molecule has 0 bridgehead atoms. The second kappa shape index (κ2) is 8.67. The van der Waals surface area contributed by atoms with Crippen molar-refractivity contribution in [1.29, 1.82) is 0 Å². The molecule has 0 saturated carbocycles. The fourth-order valence-corrected chi connectivity index (χ4v) is 3.35. The van der Waals surface area contributed by atoms with Crippen LogP contribution in [0.25, 0.3) is 0 Å². The van der Waals surface area contributed by atoms with Crippen LogP contribution in [0, 0.1) is 0 Å². The standard InChI is InChI=1S/C20H21N3O2S/c1-3-14-9-11-15(12-10-14)13-18-22-23-20(25-18)21-19(24)16-7-5-6-8-17(16)26-4-2/h5-12H,3-4,13H2,1-2H3,(H,21,23,24). The van der Waals surface area contributed by atoms with Crippen LogP contribution in [0.15, 0.2) is 57.8 Å². The first-order valence-corrected chi connectivity index (χ1v) is 9.61. The molecular formula is C20H21N3O2S. The van der Waals surface area contributed by atoms with Crippen molar-refractivity contribution in [2.45, 2.75) is 31.6 Å². The van der Waals surface area contributed by atoms with Crippen LogP contribution in [-0.4, -0.2) is 21.9 Å². The Morgan fingerprint density at radius 1 is 1.04 bits per heavy atom. The molecule has 3 rings (SSSR count). The van der Waals surface area contributed by atoms with Crippen molar-refractivity contribution < 1.29 is 9.21 Å². The molecule has 0 aliphatic carbocycles. The maximum absolute atomic E-state index is 12.5. The van der Waals surface area contributed by atoms with Crippen molar-refractivity contribution in [2.75, 3.05) is 11.1 Å². The summed E-state index contributed by atoms with van der Waals surface area (Å²) in [6.07, 6.45) is 1.55. The Morgan fingerprint density at radius 3 is 2.50 bits per heavy atom. The Kier molecular flexibility index (Phi) is 6.07. The summed E-state index contributed by atoms with van der Waals surface area (Å²) >= 11 is 1.62. The highest BCUT2D eigenvalue weighted by Gasteiger charge is 2.15. The van der Waals surface area contributed by atoms with Gasteiger partial charge in [-0.1, -0.05) is 55.3 Å². The summed E-state index contributed by atoms with van der Waals surface area (Å²) in [7, 11) is 0. The zero-order valence-corrected chi connectivity index (χ0v) is 15.7. The smallest absolute Gasteiger partial charge is 0.322 e. The molecule has 5 nitrogen and oxygen atoms in total. The quantitative estimate of drug-likeness (QED) is 0.619. The molecular weight excluding hydrogens is 346 g/mol. The normalized spacial score (nSPS) is 10.7. The number of rotatable bonds is 7. The van der Waals surface area contributed by atoms with Gasteiger partial charge in [0.2, 0.25) is 5.89 Å². The van der Waals surface area contributed by atoms with Gasteiger partial charge in [-0.2, -0.15) is 0 Å². The van der Waals surface area contributed by atoms with Gasteiger partial charge < -0.3 is 4.42 Å². The van der Waals surface area contributed by atoms with Crippen LogP contribution >= 0.6 is 11.8 Å². The van der Waals surface area contributed by atoms with E-state index in [1.165, 1.54) is 5.56 Å².